The van der Waals surface area contributed by atoms with E-state index in [4.69, 9.17) is 5.73 Å². The van der Waals surface area contributed by atoms with Gasteiger partial charge in [0.05, 0.1) is 9.47 Å². The fraction of sp³-hybridized carbons (Fsp3) is 0.167. The van der Waals surface area contributed by atoms with Gasteiger partial charge in [0.2, 0.25) is 10.0 Å². The molecule has 8 heteroatoms. The maximum absolute atomic E-state index is 12.2. The Morgan fingerprint density at radius 2 is 1.95 bits per heavy atom. The summed E-state index contributed by atoms with van der Waals surface area (Å²) in [6.07, 6.45) is 0.642. The summed E-state index contributed by atoms with van der Waals surface area (Å²) in [6.45, 7) is 0.335. The average Bonchev–Trinajstić information content (AvgIpc) is 2.78. The number of nitrogens with one attached hydrogen (secondary N) is 1. The molecule has 0 aliphatic carbocycles. The topological polar surface area (TPSA) is 72.2 Å². The summed E-state index contributed by atoms with van der Waals surface area (Å²) in [6, 6.07) is 8.68. The molecule has 3 N–H and O–H groups in total. The van der Waals surface area contributed by atoms with E-state index in [1.807, 2.05) is 12.1 Å². The van der Waals surface area contributed by atoms with Crippen LogP contribution in [0.25, 0.3) is 0 Å². The lowest BCUT2D eigenvalue weighted by Gasteiger charge is -2.09. The Morgan fingerprint density at radius 1 is 1.20 bits per heavy atom. The number of hydrogen-bond donors (Lipinski definition) is 2. The Hall–Kier alpha value is -0.410. The van der Waals surface area contributed by atoms with Gasteiger partial charge in [0.25, 0.3) is 0 Å². The molecule has 2 aromatic rings. The molecule has 1 aromatic heterocycles. The predicted molar refractivity (Wildman–Crippen MR) is 89.5 cm³/mol. The third-order valence-corrected chi connectivity index (χ3v) is 6.25. The third-order valence-electron chi connectivity index (χ3n) is 2.56. The highest BCUT2D eigenvalue weighted by Crippen LogP contribution is 2.24. The van der Waals surface area contributed by atoms with Crippen LogP contribution >= 0.6 is 43.2 Å². The number of thiophene rings is 1. The van der Waals surface area contributed by atoms with Gasteiger partial charge in [-0.2, -0.15) is 0 Å². The number of rotatable bonds is 5. The molecule has 0 aliphatic rings. The molecule has 2 rings (SSSR count). The molecule has 0 aliphatic heterocycles. The Balaban J connectivity index is 2.06. The van der Waals surface area contributed by atoms with Crippen molar-refractivity contribution in [2.45, 2.75) is 11.3 Å². The summed E-state index contributed by atoms with van der Waals surface area (Å²) in [4.78, 5) is 1.21. The molecule has 1 heterocycles. The quantitative estimate of drug-likeness (QED) is 0.701. The number of sulfonamides is 1. The van der Waals surface area contributed by atoms with Gasteiger partial charge in [0, 0.05) is 15.9 Å². The predicted octanol–water partition coefficient (Wildman–Crippen LogP) is 3.38. The van der Waals surface area contributed by atoms with Crippen LogP contribution in [0.3, 0.4) is 0 Å². The van der Waals surface area contributed by atoms with Gasteiger partial charge in [0.1, 0.15) is 4.90 Å². The van der Waals surface area contributed by atoms with Gasteiger partial charge in [-0.05, 0) is 52.7 Å². The molecule has 4 nitrogen and oxygen atoms in total. The summed E-state index contributed by atoms with van der Waals surface area (Å²) in [5.74, 6) is 0. The van der Waals surface area contributed by atoms with E-state index in [0.29, 0.717) is 17.4 Å². The highest BCUT2D eigenvalue weighted by Gasteiger charge is 2.17. The fourth-order valence-electron chi connectivity index (χ4n) is 1.61. The number of anilines is 1. The van der Waals surface area contributed by atoms with Crippen molar-refractivity contribution < 1.29 is 8.42 Å². The first-order valence-electron chi connectivity index (χ1n) is 5.67. The number of nitrogens with two attached hydrogens (primary N) is 1. The third kappa shape index (κ3) is 4.05. The lowest BCUT2D eigenvalue weighted by molar-refractivity contribution is 0.582. The average molecular weight is 440 g/mol. The molecule has 0 spiro atoms. The van der Waals surface area contributed by atoms with E-state index < -0.39 is 10.0 Å². The second-order valence-electron chi connectivity index (χ2n) is 4.04. The van der Waals surface area contributed by atoms with E-state index in [2.05, 4.69) is 36.6 Å². The van der Waals surface area contributed by atoms with Gasteiger partial charge in [-0.3, -0.25) is 0 Å². The van der Waals surface area contributed by atoms with Gasteiger partial charge in [-0.15, -0.1) is 11.3 Å². The minimum atomic E-state index is -3.59. The Labute approximate surface area is 138 Å². The lowest BCUT2D eigenvalue weighted by atomic mass is 10.3. The van der Waals surface area contributed by atoms with Crippen LogP contribution in [0.15, 0.2) is 43.5 Å². The second kappa shape index (κ2) is 6.57. The molecule has 108 valence electrons. The molecule has 0 amide bonds. The van der Waals surface area contributed by atoms with Crippen LogP contribution < -0.4 is 10.5 Å². The lowest BCUT2D eigenvalue weighted by Crippen LogP contribution is -2.26. The van der Waals surface area contributed by atoms with E-state index in [-0.39, 0.29) is 10.6 Å². The van der Waals surface area contributed by atoms with Crippen LogP contribution in [0, 0.1) is 0 Å². The summed E-state index contributed by atoms with van der Waals surface area (Å²) < 4.78 is 28.6. The highest BCUT2D eigenvalue weighted by atomic mass is 79.9. The SMILES string of the molecule is Nc1ccc(Br)cc1S(=O)(=O)NCCc1ccc(Br)s1. The monoisotopic (exact) mass is 438 g/mol. The Bertz CT molecular complexity index is 714. The van der Waals surface area contributed by atoms with E-state index in [1.165, 1.54) is 6.07 Å². The molecular formula is C12H12Br2N2O2S2. The van der Waals surface area contributed by atoms with Crippen LogP contribution in [-0.4, -0.2) is 15.0 Å². The summed E-state index contributed by atoms with van der Waals surface area (Å²) >= 11 is 8.21. The van der Waals surface area contributed by atoms with E-state index in [9.17, 15) is 8.42 Å². The van der Waals surface area contributed by atoms with Gasteiger partial charge in [-0.25, -0.2) is 13.1 Å². The van der Waals surface area contributed by atoms with Crippen LogP contribution in [0.1, 0.15) is 4.88 Å². The molecular weight excluding hydrogens is 428 g/mol. The van der Waals surface area contributed by atoms with Crippen molar-refractivity contribution in [1.29, 1.82) is 0 Å². The van der Waals surface area contributed by atoms with Crippen molar-refractivity contribution >= 4 is 58.9 Å². The molecule has 0 saturated heterocycles. The van der Waals surface area contributed by atoms with Crippen molar-refractivity contribution in [3.8, 4) is 0 Å². The summed E-state index contributed by atoms with van der Waals surface area (Å²) in [5, 5.41) is 0. The largest absolute Gasteiger partial charge is 0.398 e. The molecule has 0 atom stereocenters. The first-order chi connectivity index (χ1) is 9.38. The highest BCUT2D eigenvalue weighted by molar-refractivity contribution is 9.11. The molecule has 0 unspecified atom stereocenters. The number of nitrogen functional groups attached to an aromatic ring is 1. The Morgan fingerprint density at radius 3 is 2.60 bits per heavy atom. The van der Waals surface area contributed by atoms with Crippen molar-refractivity contribution in [2.75, 3.05) is 12.3 Å². The zero-order chi connectivity index (χ0) is 14.8. The van der Waals surface area contributed by atoms with Gasteiger partial charge in [0.15, 0.2) is 0 Å². The number of benzene rings is 1. The van der Waals surface area contributed by atoms with Gasteiger partial charge in [-0.1, -0.05) is 15.9 Å². The zero-order valence-corrected chi connectivity index (χ0v) is 15.1. The maximum atomic E-state index is 12.2. The normalized spacial score (nSPS) is 11.7. The molecule has 0 saturated carbocycles. The molecule has 0 bridgehead atoms. The van der Waals surface area contributed by atoms with Crippen LogP contribution in [-0.2, 0) is 16.4 Å². The molecule has 0 radical (unpaired) electrons. The first-order valence-corrected chi connectivity index (χ1v) is 9.56. The summed E-state index contributed by atoms with van der Waals surface area (Å²) in [5.41, 5.74) is 5.95. The zero-order valence-electron chi connectivity index (χ0n) is 10.3. The maximum Gasteiger partial charge on any atom is 0.242 e. The van der Waals surface area contributed by atoms with E-state index >= 15 is 0 Å². The Kier molecular flexibility index (Phi) is 5.25. The van der Waals surface area contributed by atoms with Crippen LogP contribution in [0.4, 0.5) is 5.69 Å². The van der Waals surface area contributed by atoms with Gasteiger partial charge >= 0.3 is 0 Å². The molecule has 1 aromatic carbocycles. The minimum Gasteiger partial charge on any atom is -0.398 e. The number of halogens is 2. The van der Waals surface area contributed by atoms with Crippen molar-refractivity contribution in [2.24, 2.45) is 0 Å². The van der Waals surface area contributed by atoms with Crippen LogP contribution in [0.2, 0.25) is 0 Å². The van der Waals surface area contributed by atoms with Gasteiger partial charge < -0.3 is 5.73 Å². The van der Waals surface area contributed by atoms with E-state index in [0.717, 1.165) is 8.66 Å². The summed E-state index contributed by atoms with van der Waals surface area (Å²) in [7, 11) is -3.59. The molecule has 20 heavy (non-hydrogen) atoms. The minimum absolute atomic E-state index is 0.0965. The standard InChI is InChI=1S/C12H12Br2N2O2S2/c13-8-1-3-10(15)11(7-8)20(17,18)16-6-5-9-2-4-12(14)19-9/h1-4,7,16H,5-6,15H2. The van der Waals surface area contributed by atoms with Crippen LogP contribution in [0.5, 0.6) is 0 Å². The van der Waals surface area contributed by atoms with Crippen molar-refractivity contribution in [1.82, 2.24) is 4.72 Å². The smallest absolute Gasteiger partial charge is 0.242 e. The first kappa shape index (κ1) is 16.0. The van der Waals surface area contributed by atoms with Crippen molar-refractivity contribution in [3.05, 3.63) is 43.5 Å². The van der Waals surface area contributed by atoms with Crippen molar-refractivity contribution in [3.63, 3.8) is 0 Å². The number of hydrogen-bond acceptors (Lipinski definition) is 4. The fourth-order valence-corrected chi connectivity index (χ4v) is 4.80. The molecule has 0 fully saturated rings. The van der Waals surface area contributed by atoms with E-state index in [1.54, 1.807) is 23.5 Å². The second-order valence-corrected chi connectivity index (χ2v) is 9.23.